The van der Waals surface area contributed by atoms with Crippen LogP contribution < -0.4 is 4.80 Å². The lowest BCUT2D eigenvalue weighted by atomic mass is 10.1. The van der Waals surface area contributed by atoms with Gasteiger partial charge >= 0.3 is 0 Å². The summed E-state index contributed by atoms with van der Waals surface area (Å²) in [7, 11) is 0. The van der Waals surface area contributed by atoms with Crippen LogP contribution in [0, 0.1) is 13.8 Å². The number of hydrogen-bond acceptors (Lipinski definition) is 2. The van der Waals surface area contributed by atoms with Crippen molar-refractivity contribution in [3.63, 3.8) is 0 Å². The number of fused-ring (bicyclic) bond motifs is 1. The standard InChI is InChI=1S/C14H18N2OS/c1-5-11(17)15-14-16(6-2)12-9(3)7-8-10(4)13(12)18-14/h7-8H,5-6H2,1-4H3. The lowest BCUT2D eigenvalue weighted by Crippen LogP contribution is -2.15. The molecule has 0 bridgehead atoms. The highest BCUT2D eigenvalue weighted by atomic mass is 32.1. The van der Waals surface area contributed by atoms with Crippen molar-refractivity contribution < 1.29 is 4.79 Å². The van der Waals surface area contributed by atoms with E-state index in [9.17, 15) is 4.79 Å². The molecule has 0 saturated carbocycles. The summed E-state index contributed by atoms with van der Waals surface area (Å²) >= 11 is 1.61. The third-order valence-electron chi connectivity index (χ3n) is 3.06. The van der Waals surface area contributed by atoms with E-state index in [0.717, 1.165) is 11.3 Å². The first kappa shape index (κ1) is 13.0. The second kappa shape index (κ2) is 5.06. The van der Waals surface area contributed by atoms with Crippen LogP contribution in [0.15, 0.2) is 17.1 Å². The lowest BCUT2D eigenvalue weighted by molar-refractivity contribution is -0.117. The largest absolute Gasteiger partial charge is 0.316 e. The first-order chi connectivity index (χ1) is 8.58. The second-order valence-electron chi connectivity index (χ2n) is 4.37. The molecule has 2 aromatic rings. The summed E-state index contributed by atoms with van der Waals surface area (Å²) < 4.78 is 3.37. The fourth-order valence-corrected chi connectivity index (χ4v) is 3.30. The molecule has 0 spiro atoms. The maximum absolute atomic E-state index is 11.5. The Bertz CT molecular complexity index is 664. The molecular weight excluding hydrogens is 244 g/mol. The Kier molecular flexibility index (Phi) is 3.66. The van der Waals surface area contributed by atoms with Gasteiger partial charge < -0.3 is 4.57 Å². The van der Waals surface area contributed by atoms with Crippen LogP contribution in [0.3, 0.4) is 0 Å². The van der Waals surface area contributed by atoms with Crippen molar-refractivity contribution in [2.24, 2.45) is 4.99 Å². The molecule has 0 radical (unpaired) electrons. The van der Waals surface area contributed by atoms with Crippen molar-refractivity contribution in [2.45, 2.75) is 40.7 Å². The molecule has 4 heteroatoms. The van der Waals surface area contributed by atoms with Crippen molar-refractivity contribution in [3.05, 3.63) is 28.1 Å². The molecule has 0 fully saturated rings. The Hall–Kier alpha value is -1.42. The van der Waals surface area contributed by atoms with E-state index >= 15 is 0 Å². The van der Waals surface area contributed by atoms with Crippen LogP contribution in [-0.4, -0.2) is 10.5 Å². The zero-order valence-corrected chi connectivity index (χ0v) is 12.1. The van der Waals surface area contributed by atoms with Crippen molar-refractivity contribution >= 4 is 27.5 Å². The minimum Gasteiger partial charge on any atom is -0.316 e. The molecule has 18 heavy (non-hydrogen) atoms. The number of thiazole rings is 1. The number of aryl methyl sites for hydroxylation is 3. The summed E-state index contributed by atoms with van der Waals surface area (Å²) in [6, 6.07) is 4.25. The highest BCUT2D eigenvalue weighted by Crippen LogP contribution is 2.24. The van der Waals surface area contributed by atoms with Gasteiger partial charge in [-0.3, -0.25) is 4.79 Å². The van der Waals surface area contributed by atoms with Gasteiger partial charge in [0.15, 0.2) is 4.80 Å². The topological polar surface area (TPSA) is 34.4 Å². The van der Waals surface area contributed by atoms with E-state index in [1.807, 2.05) is 6.92 Å². The Balaban J connectivity index is 2.85. The molecule has 1 heterocycles. The zero-order chi connectivity index (χ0) is 13.3. The average molecular weight is 262 g/mol. The molecule has 1 aromatic heterocycles. The number of rotatable bonds is 2. The number of carbonyl (C=O) groups excluding carboxylic acids is 1. The molecule has 0 aliphatic heterocycles. The first-order valence-corrected chi connectivity index (χ1v) is 7.07. The molecule has 0 saturated heterocycles. The third-order valence-corrected chi connectivity index (χ3v) is 4.28. The van der Waals surface area contributed by atoms with E-state index in [1.165, 1.54) is 21.3 Å². The smallest absolute Gasteiger partial charge is 0.248 e. The van der Waals surface area contributed by atoms with E-state index < -0.39 is 0 Å². The van der Waals surface area contributed by atoms with Crippen LogP contribution >= 0.6 is 11.3 Å². The molecule has 0 aliphatic carbocycles. The minimum atomic E-state index is -0.0564. The molecule has 96 valence electrons. The zero-order valence-electron chi connectivity index (χ0n) is 11.3. The molecule has 0 aliphatic rings. The van der Waals surface area contributed by atoms with Crippen LogP contribution in [0.5, 0.6) is 0 Å². The van der Waals surface area contributed by atoms with Gasteiger partial charge in [-0.05, 0) is 31.9 Å². The van der Waals surface area contributed by atoms with Crippen molar-refractivity contribution in [3.8, 4) is 0 Å². The Morgan fingerprint density at radius 1 is 1.28 bits per heavy atom. The Morgan fingerprint density at radius 2 is 1.94 bits per heavy atom. The van der Waals surface area contributed by atoms with E-state index in [-0.39, 0.29) is 5.91 Å². The van der Waals surface area contributed by atoms with Crippen molar-refractivity contribution in [2.75, 3.05) is 0 Å². The molecule has 1 aromatic carbocycles. The second-order valence-corrected chi connectivity index (χ2v) is 5.34. The van der Waals surface area contributed by atoms with Crippen LogP contribution in [-0.2, 0) is 11.3 Å². The summed E-state index contributed by atoms with van der Waals surface area (Å²) in [5, 5.41) is 0. The highest BCUT2D eigenvalue weighted by Gasteiger charge is 2.10. The molecule has 0 N–H and O–H groups in total. The SMILES string of the molecule is CCC(=O)N=c1sc2c(C)ccc(C)c2n1CC. The average Bonchev–Trinajstić information content (AvgIpc) is 2.73. The van der Waals surface area contributed by atoms with Crippen LogP contribution in [0.2, 0.25) is 0 Å². The molecular formula is C14H18N2OS. The van der Waals surface area contributed by atoms with Crippen LogP contribution in [0.25, 0.3) is 10.2 Å². The molecule has 0 atom stereocenters. The van der Waals surface area contributed by atoms with Gasteiger partial charge in [0.1, 0.15) is 0 Å². The predicted octanol–water partition coefficient (Wildman–Crippen LogP) is 3.18. The number of hydrogen-bond donors (Lipinski definition) is 0. The van der Waals surface area contributed by atoms with E-state index in [1.54, 1.807) is 11.3 Å². The monoisotopic (exact) mass is 262 g/mol. The van der Waals surface area contributed by atoms with Gasteiger partial charge in [0.2, 0.25) is 5.91 Å². The summed E-state index contributed by atoms with van der Waals surface area (Å²) in [6.45, 7) is 8.96. The fraction of sp³-hybridized carbons (Fsp3) is 0.429. The molecule has 0 unspecified atom stereocenters. The van der Waals surface area contributed by atoms with Gasteiger partial charge in [0.05, 0.1) is 10.2 Å². The normalized spacial score (nSPS) is 12.3. The molecule has 2 rings (SSSR count). The van der Waals surface area contributed by atoms with Gasteiger partial charge in [0, 0.05) is 13.0 Å². The van der Waals surface area contributed by atoms with E-state index in [0.29, 0.717) is 6.42 Å². The summed E-state index contributed by atoms with van der Waals surface area (Å²) in [5.41, 5.74) is 3.69. The third kappa shape index (κ3) is 2.12. The summed E-state index contributed by atoms with van der Waals surface area (Å²) in [6.07, 6.45) is 0.454. The van der Waals surface area contributed by atoms with E-state index in [4.69, 9.17) is 0 Å². The van der Waals surface area contributed by atoms with Gasteiger partial charge in [-0.1, -0.05) is 30.4 Å². The van der Waals surface area contributed by atoms with Gasteiger partial charge in [-0.15, -0.1) is 0 Å². The van der Waals surface area contributed by atoms with Gasteiger partial charge in [-0.2, -0.15) is 4.99 Å². The number of benzene rings is 1. The number of nitrogens with zero attached hydrogens (tertiary/aromatic N) is 2. The predicted molar refractivity (Wildman–Crippen MR) is 75.8 cm³/mol. The van der Waals surface area contributed by atoms with Gasteiger partial charge in [-0.25, -0.2) is 0 Å². The quantitative estimate of drug-likeness (QED) is 0.818. The summed E-state index contributed by atoms with van der Waals surface area (Å²) in [5.74, 6) is -0.0564. The van der Waals surface area contributed by atoms with Crippen molar-refractivity contribution in [1.29, 1.82) is 0 Å². The van der Waals surface area contributed by atoms with Crippen LogP contribution in [0.1, 0.15) is 31.4 Å². The van der Waals surface area contributed by atoms with Crippen LogP contribution in [0.4, 0.5) is 0 Å². The lowest BCUT2D eigenvalue weighted by Gasteiger charge is -2.04. The van der Waals surface area contributed by atoms with Gasteiger partial charge in [0.25, 0.3) is 0 Å². The minimum absolute atomic E-state index is 0.0564. The summed E-state index contributed by atoms with van der Waals surface area (Å²) in [4.78, 5) is 16.5. The van der Waals surface area contributed by atoms with Crippen molar-refractivity contribution in [1.82, 2.24) is 4.57 Å². The highest BCUT2D eigenvalue weighted by molar-refractivity contribution is 7.16. The fourth-order valence-electron chi connectivity index (χ4n) is 2.04. The first-order valence-electron chi connectivity index (χ1n) is 6.25. The molecule has 1 amide bonds. The number of carbonyl (C=O) groups is 1. The maximum atomic E-state index is 11.5. The maximum Gasteiger partial charge on any atom is 0.248 e. The Morgan fingerprint density at radius 3 is 2.56 bits per heavy atom. The Labute approximate surface area is 111 Å². The number of amides is 1. The van der Waals surface area contributed by atoms with E-state index in [2.05, 4.69) is 42.5 Å². The number of aromatic nitrogens is 1. The molecule has 3 nitrogen and oxygen atoms in total.